The van der Waals surface area contributed by atoms with E-state index in [0.717, 1.165) is 31.7 Å². The lowest BCUT2D eigenvalue weighted by Gasteiger charge is -2.38. The van der Waals surface area contributed by atoms with Crippen LogP contribution in [0.2, 0.25) is 5.02 Å². The molecule has 1 aromatic heterocycles. The van der Waals surface area contributed by atoms with E-state index in [-0.39, 0.29) is 10.9 Å². The molecule has 8 heteroatoms. The van der Waals surface area contributed by atoms with E-state index in [1.807, 2.05) is 5.38 Å². The molecule has 0 spiro atoms. The number of thiophene rings is 1. The number of benzene rings is 1. The Morgan fingerprint density at radius 2 is 1.96 bits per heavy atom. The van der Waals surface area contributed by atoms with Crippen molar-refractivity contribution in [2.45, 2.75) is 17.9 Å². The van der Waals surface area contributed by atoms with Crippen molar-refractivity contribution in [1.82, 2.24) is 14.5 Å². The van der Waals surface area contributed by atoms with Crippen molar-refractivity contribution < 1.29 is 8.42 Å². The van der Waals surface area contributed by atoms with E-state index >= 15 is 0 Å². The third-order valence-electron chi connectivity index (χ3n) is 4.81. The van der Waals surface area contributed by atoms with Gasteiger partial charge in [0.1, 0.15) is 0 Å². The first-order valence-electron chi connectivity index (χ1n) is 8.57. The zero-order valence-electron chi connectivity index (χ0n) is 15.0. The Morgan fingerprint density at radius 1 is 1.23 bits per heavy atom. The SMILES string of the molecule is Cc1ccc(Cl)cc1S(=O)(=O)NCC(c1ccsc1)N1CCN(C)CC1. The predicted octanol–water partition coefficient (Wildman–Crippen LogP) is 2.98. The molecule has 0 radical (unpaired) electrons. The van der Waals surface area contributed by atoms with Gasteiger partial charge in [-0.2, -0.15) is 11.3 Å². The van der Waals surface area contributed by atoms with Crippen molar-refractivity contribution in [2.24, 2.45) is 0 Å². The summed E-state index contributed by atoms with van der Waals surface area (Å²) in [5.74, 6) is 0. The third-order valence-corrected chi connectivity index (χ3v) is 7.32. The molecule has 1 aliphatic rings. The predicted molar refractivity (Wildman–Crippen MR) is 108 cm³/mol. The van der Waals surface area contributed by atoms with Gasteiger partial charge in [-0.15, -0.1) is 0 Å². The third kappa shape index (κ3) is 4.65. The van der Waals surface area contributed by atoms with Crippen molar-refractivity contribution in [3.8, 4) is 0 Å². The average molecular weight is 414 g/mol. The first-order chi connectivity index (χ1) is 12.4. The Bertz CT molecular complexity index is 832. The van der Waals surface area contributed by atoms with Crippen LogP contribution in [0.1, 0.15) is 17.2 Å². The minimum atomic E-state index is -3.62. The minimum Gasteiger partial charge on any atom is -0.304 e. The molecule has 0 amide bonds. The van der Waals surface area contributed by atoms with Crippen LogP contribution in [-0.2, 0) is 10.0 Å². The molecule has 1 N–H and O–H groups in total. The molecule has 0 bridgehead atoms. The van der Waals surface area contributed by atoms with Crippen LogP contribution in [0.5, 0.6) is 0 Å². The van der Waals surface area contributed by atoms with Gasteiger partial charge in [0.05, 0.1) is 4.90 Å². The number of nitrogens with one attached hydrogen (secondary N) is 1. The molecule has 1 aliphatic heterocycles. The van der Waals surface area contributed by atoms with Gasteiger partial charge in [0, 0.05) is 43.8 Å². The molecule has 1 aromatic carbocycles. The summed E-state index contributed by atoms with van der Waals surface area (Å²) in [6, 6.07) is 7.05. The summed E-state index contributed by atoms with van der Waals surface area (Å²) < 4.78 is 28.4. The molecule has 1 fully saturated rings. The summed E-state index contributed by atoms with van der Waals surface area (Å²) in [6.45, 7) is 5.95. The van der Waals surface area contributed by atoms with E-state index in [2.05, 4.69) is 33.0 Å². The maximum Gasteiger partial charge on any atom is 0.240 e. The Balaban J connectivity index is 1.78. The van der Waals surface area contributed by atoms with Gasteiger partial charge in [-0.3, -0.25) is 4.90 Å². The minimum absolute atomic E-state index is 0.0317. The smallest absolute Gasteiger partial charge is 0.240 e. The van der Waals surface area contributed by atoms with Crippen molar-refractivity contribution >= 4 is 33.0 Å². The molecule has 1 saturated heterocycles. The summed E-state index contributed by atoms with van der Waals surface area (Å²) >= 11 is 7.63. The quantitative estimate of drug-likeness (QED) is 0.791. The molecule has 1 atom stereocenters. The van der Waals surface area contributed by atoms with Crippen LogP contribution in [-0.4, -0.2) is 58.0 Å². The van der Waals surface area contributed by atoms with Crippen molar-refractivity contribution in [1.29, 1.82) is 0 Å². The topological polar surface area (TPSA) is 52.7 Å². The number of hydrogen-bond acceptors (Lipinski definition) is 5. The van der Waals surface area contributed by atoms with E-state index < -0.39 is 10.0 Å². The summed E-state index contributed by atoms with van der Waals surface area (Å²) in [4.78, 5) is 4.89. The van der Waals surface area contributed by atoms with Crippen LogP contribution in [0.15, 0.2) is 39.9 Å². The van der Waals surface area contributed by atoms with Gasteiger partial charge >= 0.3 is 0 Å². The first kappa shape index (κ1) is 19.8. The number of likely N-dealkylation sites (N-methyl/N-ethyl adjacent to an activating group) is 1. The molecule has 26 heavy (non-hydrogen) atoms. The molecule has 1 unspecified atom stereocenters. The number of aryl methyl sites for hydroxylation is 1. The van der Waals surface area contributed by atoms with Gasteiger partial charge in [0.15, 0.2) is 0 Å². The molecular weight excluding hydrogens is 390 g/mol. The normalized spacial score (nSPS) is 18.1. The second kappa shape index (κ2) is 8.37. The highest BCUT2D eigenvalue weighted by molar-refractivity contribution is 7.89. The monoisotopic (exact) mass is 413 g/mol. The molecule has 2 aromatic rings. The fraction of sp³-hybridized carbons (Fsp3) is 0.444. The Labute approximate surface area is 164 Å². The summed E-state index contributed by atoms with van der Waals surface area (Å²) in [5, 5.41) is 4.56. The maximum atomic E-state index is 12.8. The van der Waals surface area contributed by atoms with Crippen LogP contribution >= 0.6 is 22.9 Å². The average Bonchev–Trinajstić information content (AvgIpc) is 3.13. The molecule has 3 rings (SSSR count). The van der Waals surface area contributed by atoms with E-state index in [1.54, 1.807) is 30.4 Å². The molecule has 2 heterocycles. The van der Waals surface area contributed by atoms with E-state index in [9.17, 15) is 8.42 Å². The highest BCUT2D eigenvalue weighted by atomic mass is 35.5. The summed E-state index contributed by atoms with van der Waals surface area (Å²) in [6.07, 6.45) is 0. The van der Waals surface area contributed by atoms with Crippen LogP contribution in [0.3, 0.4) is 0 Å². The lowest BCUT2D eigenvalue weighted by molar-refractivity contribution is 0.113. The number of nitrogens with zero attached hydrogens (tertiary/aromatic N) is 2. The lowest BCUT2D eigenvalue weighted by Crippen LogP contribution is -2.48. The fourth-order valence-electron chi connectivity index (χ4n) is 3.19. The number of rotatable bonds is 6. The van der Waals surface area contributed by atoms with Crippen LogP contribution in [0.4, 0.5) is 0 Å². The number of sulfonamides is 1. The van der Waals surface area contributed by atoms with Gasteiger partial charge in [-0.25, -0.2) is 13.1 Å². The second-order valence-electron chi connectivity index (χ2n) is 6.67. The van der Waals surface area contributed by atoms with Gasteiger partial charge in [-0.1, -0.05) is 17.7 Å². The van der Waals surface area contributed by atoms with Gasteiger partial charge in [0.2, 0.25) is 10.0 Å². The number of halogens is 1. The zero-order valence-corrected chi connectivity index (χ0v) is 17.4. The Kier molecular flexibility index (Phi) is 6.37. The highest BCUT2D eigenvalue weighted by Crippen LogP contribution is 2.25. The highest BCUT2D eigenvalue weighted by Gasteiger charge is 2.26. The number of piperazine rings is 1. The van der Waals surface area contributed by atoms with Crippen LogP contribution in [0, 0.1) is 6.92 Å². The van der Waals surface area contributed by atoms with Crippen molar-refractivity contribution in [3.05, 3.63) is 51.2 Å². The molecule has 0 aliphatic carbocycles. The van der Waals surface area contributed by atoms with E-state index in [0.29, 0.717) is 17.1 Å². The van der Waals surface area contributed by atoms with Gasteiger partial charge < -0.3 is 4.90 Å². The molecule has 5 nitrogen and oxygen atoms in total. The first-order valence-corrected chi connectivity index (χ1v) is 11.4. The fourth-order valence-corrected chi connectivity index (χ4v) is 5.44. The molecule has 142 valence electrons. The Hall–Kier alpha value is -0.960. The molecule has 0 saturated carbocycles. The van der Waals surface area contributed by atoms with Crippen LogP contribution < -0.4 is 4.72 Å². The Morgan fingerprint density at radius 3 is 2.62 bits per heavy atom. The largest absolute Gasteiger partial charge is 0.304 e. The summed E-state index contributed by atoms with van der Waals surface area (Å²) in [7, 11) is -1.50. The van der Waals surface area contributed by atoms with E-state index in [1.165, 1.54) is 6.07 Å². The maximum absolute atomic E-state index is 12.8. The van der Waals surface area contributed by atoms with Crippen molar-refractivity contribution in [2.75, 3.05) is 39.8 Å². The van der Waals surface area contributed by atoms with Gasteiger partial charge in [0.25, 0.3) is 0 Å². The standard InChI is InChI=1S/C18H24ClN3O2S2/c1-14-3-4-16(19)11-18(14)26(23,24)20-12-17(15-5-10-25-13-15)22-8-6-21(2)7-9-22/h3-5,10-11,13,17,20H,6-9,12H2,1-2H3. The second-order valence-corrected chi connectivity index (χ2v) is 9.63. The summed E-state index contributed by atoms with van der Waals surface area (Å²) in [5.41, 5.74) is 1.85. The van der Waals surface area contributed by atoms with E-state index in [4.69, 9.17) is 11.6 Å². The van der Waals surface area contributed by atoms with Crippen LogP contribution in [0.25, 0.3) is 0 Å². The zero-order chi connectivity index (χ0) is 18.7. The van der Waals surface area contributed by atoms with Gasteiger partial charge in [-0.05, 0) is 54.1 Å². The number of hydrogen-bond donors (Lipinski definition) is 1. The molecular formula is C18H24ClN3O2S2. The van der Waals surface area contributed by atoms with Crippen molar-refractivity contribution in [3.63, 3.8) is 0 Å². The lowest BCUT2D eigenvalue weighted by atomic mass is 10.1.